The SMILES string of the molecule is CC1CCCc2[nH]c(C=C3C(=O)Nc4ccc(CCN5CCOCC5)cc43)cc21. The number of aryl methyl sites for hydroxylation is 1. The fourth-order valence-corrected chi connectivity index (χ4v) is 4.80. The van der Waals surface area contributed by atoms with Crippen molar-refractivity contribution in [2.45, 2.75) is 38.5 Å². The summed E-state index contributed by atoms with van der Waals surface area (Å²) < 4.78 is 5.43. The number of fused-ring (bicyclic) bond motifs is 2. The summed E-state index contributed by atoms with van der Waals surface area (Å²) in [6, 6.07) is 8.60. The monoisotopic (exact) mass is 391 g/mol. The van der Waals surface area contributed by atoms with Gasteiger partial charge in [0.1, 0.15) is 0 Å². The first-order valence-corrected chi connectivity index (χ1v) is 10.9. The van der Waals surface area contributed by atoms with Gasteiger partial charge in [-0.2, -0.15) is 0 Å². The molecule has 5 heteroatoms. The highest BCUT2D eigenvalue weighted by Crippen LogP contribution is 2.36. The number of nitrogens with zero attached hydrogens (tertiary/aromatic N) is 1. The third-order valence-corrected chi connectivity index (χ3v) is 6.54. The molecule has 29 heavy (non-hydrogen) atoms. The van der Waals surface area contributed by atoms with Crippen LogP contribution in [0.1, 0.15) is 53.8 Å². The Hall–Kier alpha value is -2.37. The van der Waals surface area contributed by atoms with E-state index in [4.69, 9.17) is 4.74 Å². The Morgan fingerprint density at radius 2 is 2.10 bits per heavy atom. The van der Waals surface area contributed by atoms with Crippen LogP contribution < -0.4 is 5.32 Å². The molecule has 152 valence electrons. The number of carbonyl (C=O) groups is 1. The Labute approximate surface area is 172 Å². The predicted octanol–water partition coefficient (Wildman–Crippen LogP) is 3.82. The Kier molecular flexibility index (Phi) is 5.02. The van der Waals surface area contributed by atoms with Crippen LogP contribution in [0.4, 0.5) is 5.69 Å². The lowest BCUT2D eigenvalue weighted by Crippen LogP contribution is -2.37. The zero-order valence-corrected chi connectivity index (χ0v) is 17.1. The van der Waals surface area contributed by atoms with E-state index in [1.165, 1.54) is 29.7 Å². The van der Waals surface area contributed by atoms with Gasteiger partial charge in [-0.15, -0.1) is 0 Å². The van der Waals surface area contributed by atoms with E-state index in [0.717, 1.165) is 68.2 Å². The molecule has 3 heterocycles. The molecule has 1 fully saturated rings. The van der Waals surface area contributed by atoms with Crippen LogP contribution in [-0.4, -0.2) is 48.6 Å². The molecular formula is C24H29N3O2. The summed E-state index contributed by atoms with van der Waals surface area (Å²) in [4.78, 5) is 18.6. The lowest BCUT2D eigenvalue weighted by atomic mass is 9.88. The lowest BCUT2D eigenvalue weighted by molar-refractivity contribution is -0.110. The van der Waals surface area contributed by atoms with Crippen molar-refractivity contribution in [3.63, 3.8) is 0 Å². The second-order valence-corrected chi connectivity index (χ2v) is 8.55. The molecule has 1 aromatic heterocycles. The van der Waals surface area contributed by atoms with Crippen molar-refractivity contribution in [1.82, 2.24) is 9.88 Å². The Balaban J connectivity index is 1.38. The van der Waals surface area contributed by atoms with Crippen LogP contribution in [0, 0.1) is 0 Å². The highest BCUT2D eigenvalue weighted by Gasteiger charge is 2.25. The van der Waals surface area contributed by atoms with Crippen LogP contribution in [0.3, 0.4) is 0 Å². The molecular weight excluding hydrogens is 362 g/mol. The summed E-state index contributed by atoms with van der Waals surface area (Å²) >= 11 is 0. The van der Waals surface area contributed by atoms with E-state index < -0.39 is 0 Å². The fourth-order valence-electron chi connectivity index (χ4n) is 4.80. The maximum absolute atomic E-state index is 12.6. The van der Waals surface area contributed by atoms with Gasteiger partial charge in [0, 0.05) is 42.3 Å². The first kappa shape index (κ1) is 18.6. The van der Waals surface area contributed by atoms with E-state index in [0.29, 0.717) is 5.92 Å². The van der Waals surface area contributed by atoms with Gasteiger partial charge in [0.25, 0.3) is 5.91 Å². The van der Waals surface area contributed by atoms with Crippen LogP contribution in [0.15, 0.2) is 24.3 Å². The summed E-state index contributed by atoms with van der Waals surface area (Å²) in [5, 5.41) is 3.02. The van der Waals surface area contributed by atoms with Crippen molar-refractivity contribution in [3.05, 3.63) is 52.3 Å². The average Bonchev–Trinajstić information content (AvgIpc) is 3.29. The number of aromatic nitrogens is 1. The molecule has 1 aromatic carbocycles. The van der Waals surface area contributed by atoms with Gasteiger partial charge in [-0.05, 0) is 67.0 Å². The summed E-state index contributed by atoms with van der Waals surface area (Å²) in [5.74, 6) is 0.588. The van der Waals surface area contributed by atoms with Gasteiger partial charge in [-0.25, -0.2) is 0 Å². The van der Waals surface area contributed by atoms with E-state index in [1.54, 1.807) is 0 Å². The highest BCUT2D eigenvalue weighted by atomic mass is 16.5. The van der Waals surface area contributed by atoms with E-state index in [9.17, 15) is 4.79 Å². The first-order valence-electron chi connectivity index (χ1n) is 10.9. The molecule has 1 atom stereocenters. The molecule has 0 saturated carbocycles. The second kappa shape index (κ2) is 7.81. The number of amides is 1. The molecule has 0 radical (unpaired) electrons. The number of morpholine rings is 1. The summed E-state index contributed by atoms with van der Waals surface area (Å²) in [6.45, 7) is 6.99. The van der Waals surface area contributed by atoms with Crippen molar-refractivity contribution >= 4 is 23.2 Å². The van der Waals surface area contributed by atoms with E-state index in [-0.39, 0.29) is 5.91 Å². The number of benzene rings is 1. The molecule has 2 aromatic rings. The number of carbonyl (C=O) groups excluding carboxylic acids is 1. The van der Waals surface area contributed by atoms with Crippen molar-refractivity contribution in [3.8, 4) is 0 Å². The summed E-state index contributed by atoms with van der Waals surface area (Å²) in [7, 11) is 0. The Morgan fingerprint density at radius 1 is 1.24 bits per heavy atom. The van der Waals surface area contributed by atoms with Gasteiger partial charge in [0.15, 0.2) is 0 Å². The van der Waals surface area contributed by atoms with Crippen molar-refractivity contribution in [1.29, 1.82) is 0 Å². The van der Waals surface area contributed by atoms with Gasteiger partial charge < -0.3 is 15.0 Å². The maximum atomic E-state index is 12.6. The number of hydrogen-bond donors (Lipinski definition) is 2. The maximum Gasteiger partial charge on any atom is 0.256 e. The third-order valence-electron chi connectivity index (χ3n) is 6.54. The van der Waals surface area contributed by atoms with Gasteiger partial charge >= 0.3 is 0 Å². The minimum Gasteiger partial charge on any atom is -0.379 e. The summed E-state index contributed by atoms with van der Waals surface area (Å²) in [5.41, 5.74) is 7.78. The minimum atomic E-state index is -0.00838. The third kappa shape index (κ3) is 3.77. The van der Waals surface area contributed by atoms with E-state index in [1.807, 2.05) is 12.1 Å². The quantitative estimate of drug-likeness (QED) is 0.779. The molecule has 1 aliphatic carbocycles. The molecule has 2 N–H and O–H groups in total. The van der Waals surface area contributed by atoms with Gasteiger partial charge in [0.05, 0.1) is 18.8 Å². The summed E-state index contributed by atoms with van der Waals surface area (Å²) in [6.07, 6.45) is 6.61. The van der Waals surface area contributed by atoms with Crippen molar-refractivity contribution < 1.29 is 9.53 Å². The molecule has 5 nitrogen and oxygen atoms in total. The largest absolute Gasteiger partial charge is 0.379 e. The number of H-pyrrole nitrogens is 1. The number of anilines is 1. The number of ether oxygens (including phenoxy) is 1. The van der Waals surface area contributed by atoms with Crippen LogP contribution in [0.25, 0.3) is 11.6 Å². The molecule has 1 unspecified atom stereocenters. The normalized spacial score (nSPS) is 23.1. The molecule has 2 aliphatic heterocycles. The lowest BCUT2D eigenvalue weighted by Gasteiger charge is -2.26. The van der Waals surface area contributed by atoms with Crippen LogP contribution in [-0.2, 0) is 22.4 Å². The molecule has 3 aliphatic rings. The molecule has 1 saturated heterocycles. The zero-order valence-electron chi connectivity index (χ0n) is 17.1. The van der Waals surface area contributed by atoms with Crippen LogP contribution >= 0.6 is 0 Å². The van der Waals surface area contributed by atoms with E-state index >= 15 is 0 Å². The highest BCUT2D eigenvalue weighted by molar-refractivity contribution is 6.34. The van der Waals surface area contributed by atoms with Crippen molar-refractivity contribution in [2.75, 3.05) is 38.2 Å². The van der Waals surface area contributed by atoms with Crippen LogP contribution in [0.5, 0.6) is 0 Å². The van der Waals surface area contributed by atoms with Crippen LogP contribution in [0.2, 0.25) is 0 Å². The molecule has 0 spiro atoms. The zero-order chi connectivity index (χ0) is 19.8. The fraction of sp³-hybridized carbons (Fsp3) is 0.458. The Bertz CT molecular complexity index is 953. The van der Waals surface area contributed by atoms with Gasteiger partial charge in [-0.1, -0.05) is 13.0 Å². The smallest absolute Gasteiger partial charge is 0.256 e. The topological polar surface area (TPSA) is 57.4 Å². The van der Waals surface area contributed by atoms with Gasteiger partial charge in [0.2, 0.25) is 0 Å². The minimum absolute atomic E-state index is 0.00838. The average molecular weight is 392 g/mol. The molecule has 1 amide bonds. The molecule has 5 rings (SSSR count). The van der Waals surface area contributed by atoms with Crippen molar-refractivity contribution in [2.24, 2.45) is 0 Å². The number of hydrogen-bond acceptors (Lipinski definition) is 3. The number of nitrogens with one attached hydrogen (secondary N) is 2. The second-order valence-electron chi connectivity index (χ2n) is 8.55. The van der Waals surface area contributed by atoms with Gasteiger partial charge in [-0.3, -0.25) is 9.69 Å². The number of rotatable bonds is 4. The first-order chi connectivity index (χ1) is 14.2. The molecule has 0 bridgehead atoms. The van der Waals surface area contributed by atoms with E-state index in [2.05, 4.69) is 40.3 Å². The standard InChI is InChI=1S/C24H29N3O2/c1-16-3-2-4-22-19(16)14-18(25-22)15-21-20-13-17(5-6-23(20)26-24(21)28)7-8-27-9-11-29-12-10-27/h5-6,13-16,25H,2-4,7-12H2,1H3,(H,26,28). The predicted molar refractivity (Wildman–Crippen MR) is 116 cm³/mol. The number of aromatic amines is 1. The Morgan fingerprint density at radius 3 is 2.93 bits per heavy atom.